The van der Waals surface area contributed by atoms with Gasteiger partial charge in [-0.15, -0.1) is 0 Å². The van der Waals surface area contributed by atoms with Crippen LogP contribution >= 0.6 is 0 Å². The molecule has 1 N–H and O–H groups in total. The molecular weight excluding hydrogens is 224 g/mol. The fraction of sp³-hybridized carbons (Fsp3) is 0.600. The predicted molar refractivity (Wildman–Crippen MR) is 72.1 cm³/mol. The Hall–Kier alpha value is -1.38. The van der Waals surface area contributed by atoms with Gasteiger partial charge in [-0.3, -0.25) is 9.78 Å². The van der Waals surface area contributed by atoms with Crippen LogP contribution in [-0.4, -0.2) is 17.4 Å². The minimum absolute atomic E-state index is 0.234. The molecule has 0 aromatic carbocycles. The molecule has 2 rings (SSSR count). The zero-order valence-corrected chi connectivity index (χ0v) is 11.1. The third-order valence-electron chi connectivity index (χ3n) is 3.71. The van der Waals surface area contributed by atoms with Gasteiger partial charge in [0.25, 0.3) is 0 Å². The van der Waals surface area contributed by atoms with Crippen molar-refractivity contribution in [1.29, 1.82) is 0 Å². The van der Waals surface area contributed by atoms with Gasteiger partial charge in [-0.25, -0.2) is 0 Å². The van der Waals surface area contributed by atoms with E-state index in [0.29, 0.717) is 12.5 Å². The Labute approximate surface area is 109 Å². The van der Waals surface area contributed by atoms with Crippen LogP contribution < -0.4 is 5.32 Å². The van der Waals surface area contributed by atoms with Gasteiger partial charge in [0.15, 0.2) is 0 Å². The molecule has 1 heterocycles. The number of amides is 1. The summed E-state index contributed by atoms with van der Waals surface area (Å²) in [6.07, 6.45) is 7.18. The van der Waals surface area contributed by atoms with E-state index < -0.39 is 0 Å². The highest BCUT2D eigenvalue weighted by Crippen LogP contribution is 2.28. The summed E-state index contributed by atoms with van der Waals surface area (Å²) in [6.45, 7) is 2.94. The molecule has 1 aromatic rings. The third kappa shape index (κ3) is 3.83. The predicted octanol–water partition coefficient (Wildman–Crippen LogP) is 2.57. The van der Waals surface area contributed by atoms with Crippen molar-refractivity contribution < 1.29 is 4.79 Å². The highest BCUT2D eigenvalue weighted by Gasteiger charge is 2.24. The van der Waals surface area contributed by atoms with Crippen LogP contribution in [0.2, 0.25) is 0 Å². The van der Waals surface area contributed by atoms with E-state index in [2.05, 4.69) is 17.2 Å². The van der Waals surface area contributed by atoms with E-state index in [-0.39, 0.29) is 11.8 Å². The van der Waals surface area contributed by atoms with Crippen molar-refractivity contribution in [3.05, 3.63) is 30.1 Å². The first-order chi connectivity index (χ1) is 8.75. The summed E-state index contributed by atoms with van der Waals surface area (Å²) in [4.78, 5) is 16.3. The molecule has 1 saturated carbocycles. The lowest BCUT2D eigenvalue weighted by Gasteiger charge is -2.25. The molecule has 0 bridgehead atoms. The average molecular weight is 246 g/mol. The highest BCUT2D eigenvalue weighted by atomic mass is 16.1. The van der Waals surface area contributed by atoms with Crippen LogP contribution in [0.4, 0.5) is 0 Å². The molecule has 1 aliphatic rings. The first-order valence-corrected chi connectivity index (χ1v) is 6.93. The maximum atomic E-state index is 12.0. The lowest BCUT2D eigenvalue weighted by atomic mass is 9.82. The molecular formula is C15H22N2O. The van der Waals surface area contributed by atoms with E-state index in [9.17, 15) is 4.79 Å². The highest BCUT2D eigenvalue weighted by molar-refractivity contribution is 5.78. The van der Waals surface area contributed by atoms with Crippen LogP contribution in [0.3, 0.4) is 0 Å². The largest absolute Gasteiger partial charge is 0.355 e. The second-order valence-electron chi connectivity index (χ2n) is 5.33. The van der Waals surface area contributed by atoms with E-state index in [4.69, 9.17) is 0 Å². The monoisotopic (exact) mass is 246 g/mol. The normalized spacial score (nSPS) is 23.6. The maximum absolute atomic E-state index is 12.0. The lowest BCUT2D eigenvalue weighted by molar-refractivity contribution is -0.126. The van der Waals surface area contributed by atoms with Crippen LogP contribution in [-0.2, 0) is 11.2 Å². The number of aromatic nitrogens is 1. The quantitative estimate of drug-likeness (QED) is 0.887. The summed E-state index contributed by atoms with van der Waals surface area (Å²) in [5.74, 6) is 1.17. The number of carbonyl (C=O) groups excluding carboxylic acids is 1. The number of carbonyl (C=O) groups is 1. The second-order valence-corrected chi connectivity index (χ2v) is 5.33. The van der Waals surface area contributed by atoms with Gasteiger partial charge in [0.05, 0.1) is 0 Å². The van der Waals surface area contributed by atoms with Gasteiger partial charge in [0.2, 0.25) is 5.91 Å². The maximum Gasteiger partial charge on any atom is 0.223 e. The van der Waals surface area contributed by atoms with Gasteiger partial charge in [-0.05, 0) is 30.9 Å². The van der Waals surface area contributed by atoms with E-state index in [0.717, 1.165) is 25.0 Å². The number of nitrogens with one attached hydrogen (secondary N) is 1. The average Bonchev–Trinajstić information content (AvgIpc) is 2.40. The molecule has 2 atom stereocenters. The number of hydrogen-bond donors (Lipinski definition) is 1. The van der Waals surface area contributed by atoms with Crippen LogP contribution in [0, 0.1) is 11.8 Å². The Morgan fingerprint density at radius 3 is 3.06 bits per heavy atom. The molecule has 0 aliphatic heterocycles. The van der Waals surface area contributed by atoms with Crippen LogP contribution in [0.25, 0.3) is 0 Å². The Bertz CT molecular complexity index is 377. The molecule has 3 nitrogen and oxygen atoms in total. The molecule has 0 spiro atoms. The lowest BCUT2D eigenvalue weighted by Crippen LogP contribution is -2.34. The fourth-order valence-corrected chi connectivity index (χ4v) is 2.68. The summed E-state index contributed by atoms with van der Waals surface area (Å²) in [6, 6.07) is 5.88. The zero-order valence-electron chi connectivity index (χ0n) is 11.1. The molecule has 98 valence electrons. The Morgan fingerprint density at radius 2 is 2.33 bits per heavy atom. The first-order valence-electron chi connectivity index (χ1n) is 6.93. The van der Waals surface area contributed by atoms with Crippen molar-refractivity contribution in [2.45, 2.75) is 39.0 Å². The molecule has 0 saturated heterocycles. The van der Waals surface area contributed by atoms with Crippen molar-refractivity contribution in [3.8, 4) is 0 Å². The molecule has 1 aliphatic carbocycles. The fourth-order valence-electron chi connectivity index (χ4n) is 2.68. The Balaban J connectivity index is 1.71. The van der Waals surface area contributed by atoms with Crippen molar-refractivity contribution in [1.82, 2.24) is 10.3 Å². The van der Waals surface area contributed by atoms with Crippen molar-refractivity contribution in [3.63, 3.8) is 0 Å². The minimum atomic E-state index is 0.234. The van der Waals surface area contributed by atoms with Crippen molar-refractivity contribution in [2.24, 2.45) is 11.8 Å². The van der Waals surface area contributed by atoms with Crippen molar-refractivity contribution in [2.75, 3.05) is 6.54 Å². The molecule has 1 unspecified atom stereocenters. The Morgan fingerprint density at radius 1 is 1.44 bits per heavy atom. The zero-order chi connectivity index (χ0) is 12.8. The first kappa shape index (κ1) is 13.1. The van der Waals surface area contributed by atoms with Crippen LogP contribution in [0.5, 0.6) is 0 Å². The van der Waals surface area contributed by atoms with Crippen LogP contribution in [0.15, 0.2) is 24.4 Å². The van der Waals surface area contributed by atoms with Gasteiger partial charge >= 0.3 is 0 Å². The molecule has 1 aromatic heterocycles. The standard InChI is InChI=1S/C15H22N2O/c1-12-5-4-6-13(11-12)15(18)17-10-8-14-7-2-3-9-16-14/h2-3,7,9,12-13H,4-6,8,10-11H2,1H3,(H,17,18)/t12?,13-/m0/s1. The number of hydrogen-bond acceptors (Lipinski definition) is 2. The van der Waals surface area contributed by atoms with Gasteiger partial charge < -0.3 is 5.32 Å². The molecule has 1 amide bonds. The minimum Gasteiger partial charge on any atom is -0.355 e. The topological polar surface area (TPSA) is 42.0 Å². The van der Waals surface area contributed by atoms with Gasteiger partial charge in [0, 0.05) is 30.8 Å². The molecule has 18 heavy (non-hydrogen) atoms. The number of rotatable bonds is 4. The van der Waals surface area contributed by atoms with Crippen molar-refractivity contribution >= 4 is 5.91 Å². The Kier molecular flexibility index (Phi) is 4.73. The summed E-state index contributed by atoms with van der Waals surface area (Å²) in [5, 5.41) is 3.04. The van der Waals surface area contributed by atoms with Gasteiger partial charge in [0.1, 0.15) is 0 Å². The summed E-state index contributed by atoms with van der Waals surface area (Å²) in [7, 11) is 0. The smallest absolute Gasteiger partial charge is 0.223 e. The van der Waals surface area contributed by atoms with Gasteiger partial charge in [-0.1, -0.05) is 25.8 Å². The van der Waals surface area contributed by atoms with E-state index in [1.807, 2.05) is 18.2 Å². The SMILES string of the molecule is CC1CCC[C@H](C(=O)NCCc2ccccn2)C1. The summed E-state index contributed by atoms with van der Waals surface area (Å²) < 4.78 is 0. The van der Waals surface area contributed by atoms with E-state index in [1.165, 1.54) is 12.8 Å². The number of pyridine rings is 1. The van der Waals surface area contributed by atoms with Gasteiger partial charge in [-0.2, -0.15) is 0 Å². The summed E-state index contributed by atoms with van der Waals surface area (Å²) in [5.41, 5.74) is 1.04. The summed E-state index contributed by atoms with van der Waals surface area (Å²) >= 11 is 0. The van der Waals surface area contributed by atoms with Crippen LogP contribution in [0.1, 0.15) is 38.3 Å². The molecule has 3 heteroatoms. The van der Waals surface area contributed by atoms with E-state index in [1.54, 1.807) is 6.20 Å². The molecule has 1 fully saturated rings. The molecule has 0 radical (unpaired) electrons. The second kappa shape index (κ2) is 6.53. The van der Waals surface area contributed by atoms with E-state index >= 15 is 0 Å². The number of nitrogens with zero attached hydrogens (tertiary/aromatic N) is 1. The third-order valence-corrected chi connectivity index (χ3v) is 3.71.